The van der Waals surface area contributed by atoms with E-state index in [2.05, 4.69) is 6.92 Å². The van der Waals surface area contributed by atoms with Crippen LogP contribution in [0.2, 0.25) is 0 Å². The van der Waals surface area contributed by atoms with Crippen molar-refractivity contribution >= 4 is 50.6 Å². The average molecular weight is 466 g/mol. The highest BCUT2D eigenvalue weighted by atomic mass is 32.2. The summed E-state index contributed by atoms with van der Waals surface area (Å²) in [5, 5.41) is 11.3. The van der Waals surface area contributed by atoms with Crippen molar-refractivity contribution in [2.24, 2.45) is 0 Å². The molecule has 4 aromatic rings. The van der Waals surface area contributed by atoms with E-state index in [9.17, 15) is 23.5 Å². The molecule has 0 aliphatic carbocycles. The van der Waals surface area contributed by atoms with Crippen LogP contribution in [-0.2, 0) is 22.5 Å². The minimum Gasteiger partial charge on any atom is -0.480 e. The minimum atomic E-state index is -2.68. The van der Waals surface area contributed by atoms with Gasteiger partial charge in [-0.3, -0.25) is 13.7 Å². The fourth-order valence-electron chi connectivity index (χ4n) is 3.94. The Kier molecular flexibility index (Phi) is 6.57. The van der Waals surface area contributed by atoms with Crippen molar-refractivity contribution in [3.63, 3.8) is 0 Å². The number of carbonyl (C=O) groups excluding carboxylic acids is 1. The van der Waals surface area contributed by atoms with Gasteiger partial charge in [0.15, 0.2) is 5.78 Å². The first-order chi connectivity index (χ1) is 15.9. The number of fused-ring (bicyclic) bond motifs is 3. The molecule has 170 valence electrons. The van der Waals surface area contributed by atoms with Gasteiger partial charge in [0.25, 0.3) is 11.3 Å². The van der Waals surface area contributed by atoms with Crippen LogP contribution in [0, 0.1) is 0 Å². The average Bonchev–Trinajstić information content (AvgIpc) is 3.17. The number of Topliss-reactive ketones (excluding diaryl/α,β-unsaturated/α-hetero) is 1. The lowest BCUT2D eigenvalue weighted by Crippen LogP contribution is -2.43. The van der Waals surface area contributed by atoms with Crippen LogP contribution in [0.15, 0.2) is 71.1 Å². The van der Waals surface area contributed by atoms with Crippen LogP contribution in [0.1, 0.15) is 35.7 Å². The van der Waals surface area contributed by atoms with Gasteiger partial charge in [-0.1, -0.05) is 55.8 Å². The number of carbonyl (C=O) groups is 2. The first-order valence-electron chi connectivity index (χ1n) is 10.6. The molecule has 0 amide bonds. The zero-order chi connectivity index (χ0) is 23.5. The van der Waals surface area contributed by atoms with Crippen molar-refractivity contribution in [1.82, 2.24) is 0 Å². The molecule has 0 saturated heterocycles. The summed E-state index contributed by atoms with van der Waals surface area (Å²) in [7, 11) is 0. The molecule has 8 heteroatoms. The summed E-state index contributed by atoms with van der Waals surface area (Å²) >= 11 is -2.68. The summed E-state index contributed by atoms with van der Waals surface area (Å²) in [6, 6.07) is 17.6. The SMILES string of the molecule is CCCc1ccc(C(=O)CC(C(=O)O)N(c2ccc3oc4ccccc4c3c2)S(=O)O)cc1. The van der Waals surface area contributed by atoms with E-state index < -0.39 is 35.5 Å². The molecular formula is C25H23NO6S. The summed E-state index contributed by atoms with van der Waals surface area (Å²) in [6.07, 6.45) is 1.40. The molecule has 0 aliphatic heterocycles. The number of aliphatic carboxylic acids is 1. The smallest absolute Gasteiger partial charge is 0.328 e. The van der Waals surface area contributed by atoms with Crippen molar-refractivity contribution in [1.29, 1.82) is 0 Å². The molecule has 0 spiro atoms. The Morgan fingerprint density at radius 3 is 2.36 bits per heavy atom. The van der Waals surface area contributed by atoms with E-state index in [1.54, 1.807) is 24.3 Å². The highest BCUT2D eigenvalue weighted by Gasteiger charge is 2.33. The number of para-hydroxylation sites is 1. The van der Waals surface area contributed by atoms with Crippen LogP contribution in [0.25, 0.3) is 21.9 Å². The molecule has 7 nitrogen and oxygen atoms in total. The third kappa shape index (κ3) is 4.67. The van der Waals surface area contributed by atoms with Gasteiger partial charge in [0, 0.05) is 22.8 Å². The van der Waals surface area contributed by atoms with Gasteiger partial charge >= 0.3 is 5.97 Å². The first kappa shape index (κ1) is 22.7. The molecule has 3 aromatic carbocycles. The van der Waals surface area contributed by atoms with Gasteiger partial charge in [0.1, 0.15) is 17.2 Å². The van der Waals surface area contributed by atoms with Gasteiger partial charge in [-0.25, -0.2) is 9.00 Å². The Balaban J connectivity index is 1.68. The second-order valence-corrected chi connectivity index (χ2v) is 8.62. The molecule has 0 bridgehead atoms. The quantitative estimate of drug-likeness (QED) is 0.260. The highest BCUT2D eigenvalue weighted by Crippen LogP contribution is 2.33. The van der Waals surface area contributed by atoms with Gasteiger partial charge in [0.05, 0.1) is 5.69 Å². The van der Waals surface area contributed by atoms with Crippen molar-refractivity contribution in [3.05, 3.63) is 77.9 Å². The minimum absolute atomic E-state index is 0.202. The lowest BCUT2D eigenvalue weighted by molar-refractivity contribution is -0.138. The third-order valence-corrected chi connectivity index (χ3v) is 6.35. The van der Waals surface area contributed by atoms with Crippen LogP contribution in [0.3, 0.4) is 0 Å². The van der Waals surface area contributed by atoms with Crippen LogP contribution in [-0.4, -0.2) is 31.7 Å². The van der Waals surface area contributed by atoms with Gasteiger partial charge in [0.2, 0.25) is 0 Å². The zero-order valence-electron chi connectivity index (χ0n) is 17.9. The molecule has 2 atom stereocenters. The maximum Gasteiger partial charge on any atom is 0.328 e. The number of aryl methyl sites for hydroxylation is 1. The van der Waals surface area contributed by atoms with Gasteiger partial charge in [-0.2, -0.15) is 0 Å². The molecule has 2 unspecified atom stereocenters. The molecule has 0 saturated carbocycles. The normalized spacial score (nSPS) is 13.2. The second kappa shape index (κ2) is 9.56. The molecule has 0 radical (unpaired) electrons. The van der Waals surface area contributed by atoms with E-state index >= 15 is 0 Å². The Labute approximate surface area is 193 Å². The van der Waals surface area contributed by atoms with Gasteiger partial charge in [-0.05, 0) is 36.2 Å². The molecular weight excluding hydrogens is 442 g/mol. The Morgan fingerprint density at radius 2 is 1.70 bits per heavy atom. The second-order valence-electron chi connectivity index (χ2n) is 7.76. The molecule has 33 heavy (non-hydrogen) atoms. The Hall–Kier alpha value is -3.49. The summed E-state index contributed by atoms with van der Waals surface area (Å²) in [4.78, 5) is 24.9. The van der Waals surface area contributed by atoms with E-state index in [4.69, 9.17) is 4.42 Å². The predicted octanol–water partition coefficient (Wildman–Crippen LogP) is 5.21. The lowest BCUT2D eigenvalue weighted by Gasteiger charge is -2.26. The maximum atomic E-state index is 12.8. The molecule has 1 heterocycles. The zero-order valence-corrected chi connectivity index (χ0v) is 18.7. The number of ketones is 1. The molecule has 4 rings (SSSR count). The maximum absolute atomic E-state index is 12.8. The number of hydrogen-bond acceptors (Lipinski definition) is 4. The first-order valence-corrected chi connectivity index (χ1v) is 11.6. The van der Waals surface area contributed by atoms with Crippen molar-refractivity contribution < 1.29 is 27.9 Å². The predicted molar refractivity (Wildman–Crippen MR) is 128 cm³/mol. The highest BCUT2D eigenvalue weighted by molar-refractivity contribution is 7.80. The Bertz CT molecular complexity index is 1340. The van der Waals surface area contributed by atoms with Crippen LogP contribution in [0.5, 0.6) is 0 Å². The van der Waals surface area contributed by atoms with E-state index in [0.717, 1.165) is 28.1 Å². The number of anilines is 1. The fraction of sp³-hybridized carbons (Fsp3) is 0.200. The molecule has 0 fully saturated rings. The van der Waals surface area contributed by atoms with Crippen LogP contribution < -0.4 is 4.31 Å². The van der Waals surface area contributed by atoms with Crippen molar-refractivity contribution in [3.8, 4) is 0 Å². The van der Waals surface area contributed by atoms with Crippen LogP contribution >= 0.6 is 0 Å². The summed E-state index contributed by atoms with van der Waals surface area (Å²) in [5.41, 5.74) is 2.87. The molecule has 2 N–H and O–H groups in total. The standard InChI is InChI=1S/C25H23NO6S/c1-2-5-16-8-10-17(11-9-16)22(27)15-21(25(28)29)26(33(30)31)18-12-13-24-20(14-18)19-6-3-4-7-23(19)32-24/h3-4,6-14,21H,2,5,15H2,1H3,(H,28,29)(H,30,31). The number of carboxylic acids is 1. The number of furan rings is 1. The number of carboxylic acid groups (broad SMARTS) is 1. The van der Waals surface area contributed by atoms with Crippen molar-refractivity contribution in [2.45, 2.75) is 32.2 Å². The number of hydrogen-bond donors (Lipinski definition) is 2. The van der Waals surface area contributed by atoms with E-state index in [1.165, 1.54) is 6.07 Å². The van der Waals surface area contributed by atoms with Crippen LogP contribution in [0.4, 0.5) is 5.69 Å². The number of benzene rings is 3. The Morgan fingerprint density at radius 1 is 1.00 bits per heavy atom. The summed E-state index contributed by atoms with van der Waals surface area (Å²) in [6.45, 7) is 2.06. The summed E-state index contributed by atoms with van der Waals surface area (Å²) in [5.74, 6) is -1.79. The molecule has 0 aliphatic rings. The van der Waals surface area contributed by atoms with Crippen molar-refractivity contribution in [2.75, 3.05) is 4.31 Å². The fourth-order valence-corrected chi connectivity index (χ4v) is 4.62. The van der Waals surface area contributed by atoms with Gasteiger partial charge in [-0.15, -0.1) is 0 Å². The largest absolute Gasteiger partial charge is 0.480 e. The lowest BCUT2D eigenvalue weighted by atomic mass is 10.0. The molecule has 1 aromatic heterocycles. The van der Waals surface area contributed by atoms with E-state index in [1.807, 2.05) is 36.4 Å². The van der Waals surface area contributed by atoms with E-state index in [-0.39, 0.29) is 5.69 Å². The topological polar surface area (TPSA) is 108 Å². The number of rotatable bonds is 9. The number of nitrogens with zero attached hydrogens (tertiary/aromatic N) is 1. The third-order valence-electron chi connectivity index (χ3n) is 5.54. The van der Waals surface area contributed by atoms with E-state index in [0.29, 0.717) is 22.1 Å². The van der Waals surface area contributed by atoms with Gasteiger partial charge < -0.3 is 9.52 Å². The summed E-state index contributed by atoms with van der Waals surface area (Å²) < 4.78 is 28.9. The monoisotopic (exact) mass is 465 g/mol.